The SMILES string of the molecule is N[C@@H](c1ccc(Cl)nc1Cl)C(F)F. The summed E-state index contributed by atoms with van der Waals surface area (Å²) in [6.07, 6.45) is -2.67. The first-order valence-corrected chi connectivity index (χ1v) is 4.13. The third-order valence-electron chi connectivity index (χ3n) is 1.47. The summed E-state index contributed by atoms with van der Waals surface area (Å²) >= 11 is 11.0. The highest BCUT2D eigenvalue weighted by Crippen LogP contribution is 2.25. The van der Waals surface area contributed by atoms with Gasteiger partial charge in [0.25, 0.3) is 6.43 Å². The van der Waals surface area contributed by atoms with E-state index in [1.165, 1.54) is 12.1 Å². The maximum Gasteiger partial charge on any atom is 0.257 e. The molecule has 1 heterocycles. The number of hydrogen-bond donors (Lipinski definition) is 1. The van der Waals surface area contributed by atoms with Gasteiger partial charge in [0.1, 0.15) is 10.3 Å². The highest BCUT2D eigenvalue weighted by molar-refractivity contribution is 6.32. The average Bonchev–Trinajstić information content (AvgIpc) is 2.03. The van der Waals surface area contributed by atoms with Gasteiger partial charge in [-0.3, -0.25) is 0 Å². The van der Waals surface area contributed by atoms with Crippen LogP contribution in [-0.2, 0) is 0 Å². The van der Waals surface area contributed by atoms with Gasteiger partial charge in [-0.05, 0) is 6.07 Å². The fourth-order valence-electron chi connectivity index (χ4n) is 0.807. The lowest BCUT2D eigenvalue weighted by atomic mass is 10.1. The van der Waals surface area contributed by atoms with Crippen molar-refractivity contribution in [3.05, 3.63) is 28.0 Å². The predicted octanol–water partition coefficient (Wildman–Crippen LogP) is 2.65. The third-order valence-corrected chi connectivity index (χ3v) is 1.99. The number of alkyl halides is 2. The fraction of sp³-hybridized carbons (Fsp3) is 0.286. The van der Waals surface area contributed by atoms with Crippen molar-refractivity contribution in [1.82, 2.24) is 4.98 Å². The van der Waals surface area contributed by atoms with Crippen LogP contribution in [0.4, 0.5) is 8.78 Å². The Labute approximate surface area is 83.7 Å². The normalized spacial score (nSPS) is 13.4. The Hall–Kier alpha value is -0.450. The van der Waals surface area contributed by atoms with E-state index in [2.05, 4.69) is 4.98 Å². The molecular weight excluding hydrogens is 221 g/mol. The van der Waals surface area contributed by atoms with E-state index in [0.717, 1.165) is 0 Å². The lowest BCUT2D eigenvalue weighted by Crippen LogP contribution is -2.19. The van der Waals surface area contributed by atoms with Crippen molar-refractivity contribution in [2.24, 2.45) is 5.73 Å². The number of pyridine rings is 1. The molecule has 0 radical (unpaired) electrons. The Kier molecular flexibility index (Phi) is 3.41. The van der Waals surface area contributed by atoms with Crippen LogP contribution in [0.25, 0.3) is 0 Å². The van der Waals surface area contributed by atoms with E-state index in [9.17, 15) is 8.78 Å². The van der Waals surface area contributed by atoms with Gasteiger partial charge in [-0.25, -0.2) is 13.8 Å². The maximum atomic E-state index is 12.2. The molecule has 1 aromatic heterocycles. The highest BCUT2D eigenvalue weighted by atomic mass is 35.5. The summed E-state index contributed by atoms with van der Waals surface area (Å²) < 4.78 is 24.3. The van der Waals surface area contributed by atoms with Crippen molar-refractivity contribution < 1.29 is 8.78 Å². The van der Waals surface area contributed by atoms with E-state index in [1.54, 1.807) is 0 Å². The van der Waals surface area contributed by atoms with E-state index in [4.69, 9.17) is 28.9 Å². The van der Waals surface area contributed by atoms with E-state index in [-0.39, 0.29) is 15.9 Å². The van der Waals surface area contributed by atoms with Crippen LogP contribution >= 0.6 is 23.2 Å². The summed E-state index contributed by atoms with van der Waals surface area (Å²) in [6, 6.07) is 1.29. The molecule has 0 aromatic carbocycles. The van der Waals surface area contributed by atoms with Gasteiger partial charge in [0.05, 0.1) is 6.04 Å². The molecular formula is C7H6Cl2F2N2. The van der Waals surface area contributed by atoms with Crippen molar-refractivity contribution in [2.75, 3.05) is 0 Å². The van der Waals surface area contributed by atoms with Crippen LogP contribution in [0.2, 0.25) is 10.3 Å². The van der Waals surface area contributed by atoms with Crippen molar-refractivity contribution in [3.63, 3.8) is 0 Å². The summed E-state index contributed by atoms with van der Waals surface area (Å²) in [5.74, 6) is 0. The molecule has 2 nitrogen and oxygen atoms in total. The van der Waals surface area contributed by atoms with Crippen molar-refractivity contribution in [1.29, 1.82) is 0 Å². The number of hydrogen-bond acceptors (Lipinski definition) is 2. The van der Waals surface area contributed by atoms with Gasteiger partial charge in [-0.15, -0.1) is 0 Å². The Morgan fingerprint density at radius 1 is 1.31 bits per heavy atom. The molecule has 0 unspecified atom stereocenters. The van der Waals surface area contributed by atoms with Gasteiger partial charge in [0, 0.05) is 5.56 Å². The summed E-state index contributed by atoms with van der Waals surface area (Å²) in [4.78, 5) is 3.59. The zero-order valence-corrected chi connectivity index (χ0v) is 7.86. The van der Waals surface area contributed by atoms with E-state index >= 15 is 0 Å². The topological polar surface area (TPSA) is 38.9 Å². The number of aromatic nitrogens is 1. The zero-order valence-electron chi connectivity index (χ0n) is 6.35. The molecule has 72 valence electrons. The van der Waals surface area contributed by atoms with Crippen LogP contribution < -0.4 is 5.73 Å². The molecule has 2 N–H and O–H groups in total. The van der Waals surface area contributed by atoms with Gasteiger partial charge >= 0.3 is 0 Å². The molecule has 0 saturated carbocycles. The molecule has 0 bridgehead atoms. The second-order valence-corrected chi connectivity index (χ2v) is 3.12. The fourth-order valence-corrected chi connectivity index (χ4v) is 1.28. The third kappa shape index (κ3) is 2.49. The Morgan fingerprint density at radius 3 is 2.38 bits per heavy atom. The summed E-state index contributed by atoms with van der Waals surface area (Å²) in [7, 11) is 0. The molecule has 0 spiro atoms. The van der Waals surface area contributed by atoms with Crippen molar-refractivity contribution in [3.8, 4) is 0 Å². The van der Waals surface area contributed by atoms with Crippen LogP contribution in [0.5, 0.6) is 0 Å². The maximum absolute atomic E-state index is 12.2. The smallest absolute Gasteiger partial charge is 0.257 e. The Balaban J connectivity index is 3.01. The first kappa shape index (κ1) is 10.6. The van der Waals surface area contributed by atoms with Gasteiger partial charge in [0.15, 0.2) is 0 Å². The average molecular weight is 227 g/mol. The number of halogens is 4. The number of rotatable bonds is 2. The molecule has 0 aliphatic carbocycles. The van der Waals surface area contributed by atoms with Gasteiger partial charge < -0.3 is 5.73 Å². The lowest BCUT2D eigenvalue weighted by Gasteiger charge is -2.11. The quantitative estimate of drug-likeness (QED) is 0.788. The van der Waals surface area contributed by atoms with Crippen LogP contribution in [0, 0.1) is 0 Å². The molecule has 1 atom stereocenters. The molecule has 0 amide bonds. The zero-order chi connectivity index (χ0) is 10.0. The molecule has 6 heteroatoms. The van der Waals surface area contributed by atoms with Crippen molar-refractivity contribution >= 4 is 23.2 Å². The standard InChI is InChI=1S/C7H6Cl2F2N2/c8-4-2-1-3(6(9)13-4)5(12)7(10)11/h1-2,5,7H,12H2/t5-/m0/s1. The van der Waals surface area contributed by atoms with E-state index < -0.39 is 12.5 Å². The second-order valence-electron chi connectivity index (χ2n) is 2.37. The molecule has 0 aliphatic rings. The molecule has 1 rings (SSSR count). The summed E-state index contributed by atoms with van der Waals surface area (Å²) in [5, 5.41) is 0.0653. The minimum atomic E-state index is -2.67. The van der Waals surface area contributed by atoms with E-state index in [1.807, 2.05) is 0 Å². The van der Waals surface area contributed by atoms with Gasteiger partial charge in [0.2, 0.25) is 0 Å². The molecule has 0 saturated heterocycles. The van der Waals surface area contributed by atoms with Gasteiger partial charge in [-0.1, -0.05) is 29.3 Å². The Bertz CT molecular complexity index is 307. The minimum Gasteiger partial charge on any atom is -0.319 e. The van der Waals surface area contributed by atoms with Crippen LogP contribution in [0.1, 0.15) is 11.6 Å². The monoisotopic (exact) mass is 226 g/mol. The second kappa shape index (κ2) is 4.17. The molecule has 0 aliphatic heterocycles. The predicted molar refractivity (Wildman–Crippen MR) is 47.2 cm³/mol. The number of nitrogens with zero attached hydrogens (tertiary/aromatic N) is 1. The summed E-state index contributed by atoms with van der Waals surface area (Å²) in [6.45, 7) is 0. The highest BCUT2D eigenvalue weighted by Gasteiger charge is 2.20. The first-order chi connectivity index (χ1) is 6.02. The molecule has 0 fully saturated rings. The minimum absolute atomic E-state index is 0.0831. The van der Waals surface area contributed by atoms with Crippen molar-refractivity contribution in [2.45, 2.75) is 12.5 Å². The summed E-state index contributed by atoms with van der Waals surface area (Å²) in [5.41, 5.74) is 5.27. The lowest BCUT2D eigenvalue weighted by molar-refractivity contribution is 0.116. The number of nitrogens with two attached hydrogens (primary N) is 1. The van der Waals surface area contributed by atoms with Crippen LogP contribution in [0.3, 0.4) is 0 Å². The van der Waals surface area contributed by atoms with Gasteiger partial charge in [-0.2, -0.15) is 0 Å². The molecule has 1 aromatic rings. The molecule has 13 heavy (non-hydrogen) atoms. The van der Waals surface area contributed by atoms with E-state index in [0.29, 0.717) is 0 Å². The first-order valence-electron chi connectivity index (χ1n) is 3.38. The van der Waals surface area contributed by atoms with Crippen LogP contribution in [0.15, 0.2) is 12.1 Å². The largest absolute Gasteiger partial charge is 0.319 e. The Morgan fingerprint density at radius 2 is 1.92 bits per heavy atom. The van der Waals surface area contributed by atoms with Crippen LogP contribution in [-0.4, -0.2) is 11.4 Å².